The van der Waals surface area contributed by atoms with E-state index in [1.54, 1.807) is 6.07 Å². The summed E-state index contributed by atoms with van der Waals surface area (Å²) in [5.74, 6) is 0.922. The highest BCUT2D eigenvalue weighted by Crippen LogP contribution is 2.25. The first-order valence-electron chi connectivity index (χ1n) is 6.46. The van der Waals surface area contributed by atoms with E-state index in [1.807, 2.05) is 54.6 Å². The summed E-state index contributed by atoms with van der Waals surface area (Å²) in [6, 6.07) is 15.3. The van der Waals surface area contributed by atoms with Crippen LogP contribution < -0.4 is 4.74 Å². The van der Waals surface area contributed by atoms with Crippen molar-refractivity contribution in [2.75, 3.05) is 0 Å². The van der Waals surface area contributed by atoms with Crippen molar-refractivity contribution in [3.63, 3.8) is 0 Å². The Morgan fingerprint density at radius 3 is 2.58 bits per heavy atom. The van der Waals surface area contributed by atoms with Gasteiger partial charge in [0.25, 0.3) is 0 Å². The van der Waals surface area contributed by atoms with Crippen LogP contribution in [-0.2, 0) is 6.61 Å². The number of benzene rings is 2. The van der Waals surface area contributed by atoms with Crippen LogP contribution in [0.3, 0.4) is 0 Å². The highest BCUT2D eigenvalue weighted by atomic mass is 16.5. The Balaban J connectivity index is 2.02. The number of rotatable bonds is 5. The third kappa shape index (κ3) is 3.88. The predicted molar refractivity (Wildman–Crippen MR) is 78.2 cm³/mol. The molecule has 98 valence electrons. The molecule has 0 saturated heterocycles. The highest BCUT2D eigenvalue weighted by Gasteiger charge is 2.01. The van der Waals surface area contributed by atoms with E-state index in [-0.39, 0.29) is 5.75 Å². The Morgan fingerprint density at radius 1 is 1.11 bits per heavy atom. The Morgan fingerprint density at radius 2 is 1.89 bits per heavy atom. The van der Waals surface area contributed by atoms with Gasteiger partial charge in [-0.25, -0.2) is 0 Å². The summed E-state index contributed by atoms with van der Waals surface area (Å²) < 4.78 is 5.65. The summed E-state index contributed by atoms with van der Waals surface area (Å²) in [7, 11) is 0. The van der Waals surface area contributed by atoms with E-state index < -0.39 is 0 Å². The van der Waals surface area contributed by atoms with E-state index in [4.69, 9.17) is 4.74 Å². The van der Waals surface area contributed by atoms with Crippen LogP contribution in [-0.4, -0.2) is 5.11 Å². The molecule has 0 radical (unpaired) electrons. The molecule has 0 aliphatic heterocycles. The van der Waals surface area contributed by atoms with Crippen molar-refractivity contribution < 1.29 is 9.84 Å². The van der Waals surface area contributed by atoms with Crippen molar-refractivity contribution in [3.8, 4) is 11.5 Å². The fourth-order valence-electron chi connectivity index (χ4n) is 1.74. The van der Waals surface area contributed by atoms with Gasteiger partial charge in [0.1, 0.15) is 18.1 Å². The summed E-state index contributed by atoms with van der Waals surface area (Å²) in [5.41, 5.74) is 1.92. The topological polar surface area (TPSA) is 29.5 Å². The minimum atomic E-state index is 0.246. The Kier molecular flexibility index (Phi) is 4.62. The lowest BCUT2D eigenvalue weighted by atomic mass is 10.1. The average molecular weight is 254 g/mol. The molecule has 0 fully saturated rings. The van der Waals surface area contributed by atoms with Gasteiger partial charge in [0.15, 0.2) is 0 Å². The van der Waals surface area contributed by atoms with Gasteiger partial charge >= 0.3 is 0 Å². The fraction of sp³-hybridized carbons (Fsp3) is 0.176. The minimum absolute atomic E-state index is 0.246. The third-order valence-electron chi connectivity index (χ3n) is 2.78. The second-order valence-corrected chi connectivity index (χ2v) is 4.31. The molecule has 0 aliphatic rings. The maximum Gasteiger partial charge on any atom is 0.126 e. The molecule has 0 amide bonds. The molecular weight excluding hydrogens is 236 g/mol. The van der Waals surface area contributed by atoms with Crippen LogP contribution in [0.15, 0.2) is 54.6 Å². The zero-order valence-electron chi connectivity index (χ0n) is 11.0. The van der Waals surface area contributed by atoms with Crippen LogP contribution in [0, 0.1) is 0 Å². The number of allylic oxidation sites excluding steroid dienone is 1. The average Bonchev–Trinajstić information content (AvgIpc) is 2.45. The molecule has 0 heterocycles. The summed E-state index contributed by atoms with van der Waals surface area (Å²) in [4.78, 5) is 0. The lowest BCUT2D eigenvalue weighted by molar-refractivity contribution is 0.304. The zero-order chi connectivity index (χ0) is 13.5. The number of aromatic hydroxyl groups is 1. The molecule has 2 heteroatoms. The van der Waals surface area contributed by atoms with Crippen molar-refractivity contribution in [2.45, 2.75) is 20.0 Å². The lowest BCUT2D eigenvalue weighted by Gasteiger charge is -2.08. The molecule has 2 rings (SSSR count). The maximum absolute atomic E-state index is 9.88. The van der Waals surface area contributed by atoms with Crippen LogP contribution in [0.2, 0.25) is 0 Å². The summed E-state index contributed by atoms with van der Waals surface area (Å²) in [5, 5.41) is 9.88. The molecule has 0 aliphatic carbocycles. The van der Waals surface area contributed by atoms with Gasteiger partial charge in [0, 0.05) is 11.6 Å². The van der Waals surface area contributed by atoms with Gasteiger partial charge in [-0.15, -0.1) is 0 Å². The molecule has 2 nitrogen and oxygen atoms in total. The van der Waals surface area contributed by atoms with E-state index >= 15 is 0 Å². The molecule has 1 N–H and O–H groups in total. The Bertz CT molecular complexity index is 544. The highest BCUT2D eigenvalue weighted by molar-refractivity contribution is 5.58. The Labute approximate surface area is 114 Å². The molecule has 2 aromatic carbocycles. The van der Waals surface area contributed by atoms with E-state index in [1.165, 1.54) is 0 Å². The first kappa shape index (κ1) is 13.2. The number of hydrogen-bond donors (Lipinski definition) is 1. The molecule has 0 bridgehead atoms. The quantitative estimate of drug-likeness (QED) is 0.857. The van der Waals surface area contributed by atoms with Crippen LogP contribution in [0.25, 0.3) is 6.08 Å². The van der Waals surface area contributed by atoms with Gasteiger partial charge < -0.3 is 9.84 Å². The maximum atomic E-state index is 9.88. The number of phenolic OH excluding ortho intramolecular Hbond substituents is 1. The second kappa shape index (κ2) is 6.64. The molecular formula is C17H18O2. The summed E-state index contributed by atoms with van der Waals surface area (Å²) >= 11 is 0. The minimum Gasteiger partial charge on any atom is -0.507 e. The van der Waals surface area contributed by atoms with Crippen molar-refractivity contribution in [1.82, 2.24) is 0 Å². The molecule has 0 spiro atoms. The predicted octanol–water partition coefficient (Wildman–Crippen LogP) is 4.39. The molecule has 2 aromatic rings. The first-order valence-corrected chi connectivity index (χ1v) is 6.46. The fourth-order valence-corrected chi connectivity index (χ4v) is 1.74. The van der Waals surface area contributed by atoms with Crippen LogP contribution in [0.1, 0.15) is 24.5 Å². The largest absolute Gasteiger partial charge is 0.507 e. The van der Waals surface area contributed by atoms with Gasteiger partial charge in [-0.1, -0.05) is 49.4 Å². The van der Waals surface area contributed by atoms with Crippen molar-refractivity contribution >= 4 is 6.08 Å². The van der Waals surface area contributed by atoms with Crippen molar-refractivity contribution in [3.05, 3.63) is 65.7 Å². The second-order valence-electron chi connectivity index (χ2n) is 4.31. The lowest BCUT2D eigenvalue weighted by Crippen LogP contribution is -1.94. The van der Waals surface area contributed by atoms with Gasteiger partial charge in [-0.05, 0) is 24.1 Å². The smallest absolute Gasteiger partial charge is 0.126 e. The summed E-state index contributed by atoms with van der Waals surface area (Å²) in [6.45, 7) is 2.56. The van der Waals surface area contributed by atoms with Crippen molar-refractivity contribution in [2.24, 2.45) is 0 Å². The number of phenols is 1. The monoisotopic (exact) mass is 254 g/mol. The number of ether oxygens (including phenoxy) is 1. The van der Waals surface area contributed by atoms with Crippen LogP contribution >= 0.6 is 0 Å². The van der Waals surface area contributed by atoms with E-state index in [0.29, 0.717) is 12.4 Å². The molecule has 0 unspecified atom stereocenters. The first-order chi connectivity index (χ1) is 9.29. The van der Waals surface area contributed by atoms with E-state index in [2.05, 4.69) is 6.92 Å². The SMILES string of the molecule is CCC=Cc1ccc(OCc2ccccc2)cc1O. The normalized spacial score (nSPS) is 10.8. The van der Waals surface area contributed by atoms with Crippen LogP contribution in [0.5, 0.6) is 11.5 Å². The Hall–Kier alpha value is -2.22. The summed E-state index contributed by atoms with van der Waals surface area (Å²) in [6.07, 6.45) is 4.88. The van der Waals surface area contributed by atoms with Gasteiger partial charge in [0.2, 0.25) is 0 Å². The van der Waals surface area contributed by atoms with E-state index in [0.717, 1.165) is 17.5 Å². The molecule has 0 aromatic heterocycles. The van der Waals surface area contributed by atoms with E-state index in [9.17, 15) is 5.11 Å². The zero-order valence-corrected chi connectivity index (χ0v) is 11.0. The van der Waals surface area contributed by atoms with Gasteiger partial charge in [-0.3, -0.25) is 0 Å². The molecule has 0 atom stereocenters. The molecule has 0 saturated carbocycles. The van der Waals surface area contributed by atoms with Gasteiger partial charge in [0.05, 0.1) is 0 Å². The standard InChI is InChI=1S/C17H18O2/c1-2-3-9-15-10-11-16(12-17(15)18)19-13-14-7-5-4-6-8-14/h3-12,18H,2,13H2,1H3. The molecule has 19 heavy (non-hydrogen) atoms. The van der Waals surface area contributed by atoms with Gasteiger partial charge in [-0.2, -0.15) is 0 Å². The van der Waals surface area contributed by atoms with Crippen molar-refractivity contribution in [1.29, 1.82) is 0 Å². The number of hydrogen-bond acceptors (Lipinski definition) is 2. The third-order valence-corrected chi connectivity index (χ3v) is 2.78. The van der Waals surface area contributed by atoms with Crippen LogP contribution in [0.4, 0.5) is 0 Å².